The summed E-state index contributed by atoms with van der Waals surface area (Å²) in [6, 6.07) is 2.66. The molecule has 30 heavy (non-hydrogen) atoms. The van der Waals surface area contributed by atoms with Crippen LogP contribution in [0.3, 0.4) is 0 Å². The van der Waals surface area contributed by atoms with Crippen LogP contribution in [0.25, 0.3) is 0 Å². The Kier molecular flexibility index (Phi) is 5.74. The number of rotatable bonds is 4. The number of aromatic amines is 1. The van der Waals surface area contributed by atoms with E-state index in [1.54, 1.807) is 11.3 Å². The number of hydrogen-bond donors (Lipinski definition) is 1. The molecule has 2 fully saturated rings. The Morgan fingerprint density at radius 3 is 2.87 bits per heavy atom. The first-order valence-electron chi connectivity index (χ1n) is 11.3. The standard InChI is InChI=1S/C23H30N4O2S/c28-21(12-16-8-11-30-15-16)27-9-6-17(13-27)22-24-20-14-26(18-4-2-1-3-5-18)10-7-19(20)23(29)25-22/h8,11,15,17-18H,1-7,9-10,12-14H2,(H,24,25,29)/t17-/m0/s1. The lowest BCUT2D eigenvalue weighted by molar-refractivity contribution is -0.129. The Bertz CT molecular complexity index is 949. The van der Waals surface area contributed by atoms with Crippen molar-refractivity contribution in [3.8, 4) is 0 Å². The van der Waals surface area contributed by atoms with Crippen LogP contribution >= 0.6 is 11.3 Å². The molecule has 0 unspecified atom stereocenters. The SMILES string of the molecule is O=C(Cc1ccsc1)N1CC[C@H](c2nc3c(c(=O)[nH]2)CCN(C2CCCCC2)C3)C1. The maximum Gasteiger partial charge on any atom is 0.254 e. The van der Waals surface area contributed by atoms with E-state index in [1.807, 2.05) is 21.7 Å². The van der Waals surface area contributed by atoms with Gasteiger partial charge in [0, 0.05) is 43.7 Å². The topological polar surface area (TPSA) is 69.3 Å². The van der Waals surface area contributed by atoms with Crippen molar-refractivity contribution in [2.24, 2.45) is 0 Å². The highest BCUT2D eigenvalue weighted by Gasteiger charge is 2.32. The molecule has 2 aliphatic heterocycles. The molecule has 0 radical (unpaired) electrons. The van der Waals surface area contributed by atoms with Gasteiger partial charge < -0.3 is 9.88 Å². The summed E-state index contributed by atoms with van der Waals surface area (Å²) in [4.78, 5) is 37.9. The Hall–Kier alpha value is -1.99. The number of amides is 1. The van der Waals surface area contributed by atoms with Crippen molar-refractivity contribution in [1.29, 1.82) is 0 Å². The number of hydrogen-bond acceptors (Lipinski definition) is 5. The van der Waals surface area contributed by atoms with Crippen LogP contribution in [-0.2, 0) is 24.2 Å². The summed E-state index contributed by atoms with van der Waals surface area (Å²) in [6.45, 7) is 3.15. The van der Waals surface area contributed by atoms with Gasteiger partial charge in [0.1, 0.15) is 5.82 Å². The van der Waals surface area contributed by atoms with Crippen LogP contribution < -0.4 is 5.56 Å². The summed E-state index contributed by atoms with van der Waals surface area (Å²) >= 11 is 1.62. The van der Waals surface area contributed by atoms with Gasteiger partial charge in [0.2, 0.25) is 5.91 Å². The molecule has 1 amide bonds. The summed E-state index contributed by atoms with van der Waals surface area (Å²) < 4.78 is 0. The number of nitrogens with zero attached hydrogens (tertiary/aromatic N) is 3. The Labute approximate surface area is 181 Å². The number of likely N-dealkylation sites (tertiary alicyclic amines) is 1. The molecule has 1 N–H and O–H groups in total. The van der Waals surface area contributed by atoms with Gasteiger partial charge in [-0.25, -0.2) is 4.98 Å². The number of H-pyrrole nitrogens is 1. The third-order valence-electron chi connectivity index (χ3n) is 7.08. The van der Waals surface area contributed by atoms with E-state index in [2.05, 4.69) is 9.88 Å². The van der Waals surface area contributed by atoms with Crippen LogP contribution in [-0.4, -0.2) is 51.4 Å². The molecule has 2 aromatic rings. The number of carbonyl (C=O) groups excluding carboxylic acids is 1. The fourth-order valence-corrected chi connectivity index (χ4v) is 5.99. The van der Waals surface area contributed by atoms with Crippen molar-refractivity contribution in [3.05, 3.63) is 49.8 Å². The molecule has 1 aliphatic carbocycles. The summed E-state index contributed by atoms with van der Waals surface area (Å²) in [5, 5.41) is 4.04. The molecule has 5 rings (SSSR count). The van der Waals surface area contributed by atoms with Crippen molar-refractivity contribution < 1.29 is 4.79 Å². The molecule has 0 aromatic carbocycles. The molecular weight excluding hydrogens is 396 g/mol. The Morgan fingerprint density at radius 1 is 1.20 bits per heavy atom. The average Bonchev–Trinajstić information content (AvgIpc) is 3.46. The molecule has 160 valence electrons. The highest BCUT2D eigenvalue weighted by molar-refractivity contribution is 7.08. The van der Waals surface area contributed by atoms with Crippen molar-refractivity contribution >= 4 is 17.2 Å². The zero-order valence-corrected chi connectivity index (χ0v) is 18.3. The second-order valence-electron chi connectivity index (χ2n) is 9.02. The van der Waals surface area contributed by atoms with Gasteiger partial charge >= 0.3 is 0 Å². The van der Waals surface area contributed by atoms with Gasteiger partial charge in [0.05, 0.1) is 12.1 Å². The summed E-state index contributed by atoms with van der Waals surface area (Å²) in [5.74, 6) is 1.06. The average molecular weight is 427 g/mol. The number of thiophene rings is 1. The lowest BCUT2D eigenvalue weighted by Gasteiger charge is -2.37. The molecule has 4 heterocycles. The molecular formula is C23H30N4O2S. The zero-order valence-electron chi connectivity index (χ0n) is 17.4. The highest BCUT2D eigenvalue weighted by Crippen LogP contribution is 2.29. The first-order chi connectivity index (χ1) is 14.7. The second-order valence-corrected chi connectivity index (χ2v) is 9.80. The van der Waals surface area contributed by atoms with Crippen LogP contribution in [0.15, 0.2) is 21.6 Å². The van der Waals surface area contributed by atoms with Gasteiger partial charge in [0.25, 0.3) is 5.56 Å². The molecule has 2 aromatic heterocycles. The van der Waals surface area contributed by atoms with Gasteiger partial charge in [0.15, 0.2) is 0 Å². The van der Waals surface area contributed by atoms with E-state index >= 15 is 0 Å². The number of fused-ring (bicyclic) bond motifs is 1. The van der Waals surface area contributed by atoms with Gasteiger partial charge in [-0.3, -0.25) is 14.5 Å². The van der Waals surface area contributed by atoms with Gasteiger partial charge in [-0.2, -0.15) is 11.3 Å². The van der Waals surface area contributed by atoms with E-state index in [1.165, 1.54) is 32.1 Å². The summed E-state index contributed by atoms with van der Waals surface area (Å²) in [6.07, 6.45) is 8.66. The first kappa shape index (κ1) is 19.9. The van der Waals surface area contributed by atoms with Crippen molar-refractivity contribution in [2.75, 3.05) is 19.6 Å². The van der Waals surface area contributed by atoms with Gasteiger partial charge in [-0.05, 0) is 48.1 Å². The van der Waals surface area contributed by atoms with Crippen LogP contribution in [0.5, 0.6) is 0 Å². The fraction of sp³-hybridized carbons (Fsp3) is 0.609. The van der Waals surface area contributed by atoms with Crippen molar-refractivity contribution in [2.45, 2.75) is 69.9 Å². The first-order valence-corrected chi connectivity index (χ1v) is 12.3. The summed E-state index contributed by atoms with van der Waals surface area (Å²) in [5.41, 5.74) is 2.95. The number of carbonyl (C=O) groups is 1. The normalized spacial score (nSPS) is 22.9. The van der Waals surface area contributed by atoms with E-state index in [4.69, 9.17) is 4.98 Å². The minimum absolute atomic E-state index is 0.0290. The molecule has 1 saturated carbocycles. The van der Waals surface area contributed by atoms with Crippen LogP contribution in [0.4, 0.5) is 0 Å². The lowest BCUT2D eigenvalue weighted by atomic mass is 9.92. The van der Waals surface area contributed by atoms with E-state index in [9.17, 15) is 9.59 Å². The quantitative estimate of drug-likeness (QED) is 0.816. The summed E-state index contributed by atoms with van der Waals surface area (Å²) in [7, 11) is 0. The fourth-order valence-electron chi connectivity index (χ4n) is 5.32. The minimum Gasteiger partial charge on any atom is -0.342 e. The third-order valence-corrected chi connectivity index (χ3v) is 7.81. The Balaban J connectivity index is 1.28. The van der Waals surface area contributed by atoms with Gasteiger partial charge in [-0.15, -0.1) is 0 Å². The predicted molar refractivity (Wildman–Crippen MR) is 118 cm³/mol. The largest absolute Gasteiger partial charge is 0.342 e. The molecule has 0 spiro atoms. The van der Waals surface area contributed by atoms with Crippen LogP contribution in [0.1, 0.15) is 67.1 Å². The monoisotopic (exact) mass is 426 g/mol. The lowest BCUT2D eigenvalue weighted by Crippen LogP contribution is -2.42. The highest BCUT2D eigenvalue weighted by atomic mass is 32.1. The maximum atomic E-state index is 12.8. The maximum absolute atomic E-state index is 12.8. The third kappa shape index (κ3) is 4.10. The zero-order chi connectivity index (χ0) is 20.5. The Morgan fingerprint density at radius 2 is 2.07 bits per heavy atom. The smallest absolute Gasteiger partial charge is 0.254 e. The van der Waals surface area contributed by atoms with E-state index in [0.717, 1.165) is 55.1 Å². The number of aromatic nitrogens is 2. The molecule has 3 aliphatic rings. The predicted octanol–water partition coefficient (Wildman–Crippen LogP) is 3.08. The molecule has 7 heteroatoms. The molecule has 1 saturated heterocycles. The van der Waals surface area contributed by atoms with Crippen LogP contribution in [0.2, 0.25) is 0 Å². The van der Waals surface area contributed by atoms with Gasteiger partial charge in [-0.1, -0.05) is 19.3 Å². The van der Waals surface area contributed by atoms with Crippen LogP contribution in [0, 0.1) is 0 Å². The van der Waals surface area contributed by atoms with E-state index in [-0.39, 0.29) is 17.4 Å². The van der Waals surface area contributed by atoms with Crippen molar-refractivity contribution in [1.82, 2.24) is 19.8 Å². The van der Waals surface area contributed by atoms with E-state index < -0.39 is 0 Å². The van der Waals surface area contributed by atoms with E-state index in [0.29, 0.717) is 19.0 Å². The molecule has 6 nitrogen and oxygen atoms in total. The number of nitrogens with one attached hydrogen (secondary N) is 1. The molecule has 0 bridgehead atoms. The second kappa shape index (κ2) is 8.63. The van der Waals surface area contributed by atoms with Crippen molar-refractivity contribution in [3.63, 3.8) is 0 Å². The molecule has 1 atom stereocenters. The minimum atomic E-state index is 0.0290.